The van der Waals surface area contributed by atoms with Crippen LogP contribution in [-0.4, -0.2) is 23.1 Å². The average molecular weight is 284 g/mol. The van der Waals surface area contributed by atoms with E-state index in [1.165, 1.54) is 5.56 Å². The van der Waals surface area contributed by atoms with Crippen LogP contribution in [0.1, 0.15) is 28.5 Å². The van der Waals surface area contributed by atoms with E-state index in [0.717, 1.165) is 29.8 Å². The molecule has 2 aromatic rings. The monoisotopic (exact) mass is 284 g/mol. The van der Waals surface area contributed by atoms with Crippen molar-refractivity contribution < 1.29 is 9.53 Å². The highest BCUT2D eigenvalue weighted by Crippen LogP contribution is 2.27. The Bertz CT molecular complexity index is 636. The van der Waals surface area contributed by atoms with Crippen LogP contribution in [0.25, 0.3) is 0 Å². The molecular weight excluding hydrogens is 264 g/mol. The summed E-state index contributed by atoms with van der Waals surface area (Å²) in [7, 11) is 1.96. The number of hydrogen-bond donors (Lipinski definition) is 1. The lowest BCUT2D eigenvalue weighted by Crippen LogP contribution is -2.34. The summed E-state index contributed by atoms with van der Waals surface area (Å²) in [5.41, 5.74) is 3.03. The molecule has 0 saturated heterocycles. The minimum atomic E-state index is -0.0213. The lowest BCUT2D eigenvalue weighted by atomic mass is 10.1. The minimum absolute atomic E-state index is 0.0213. The molecule has 0 bridgehead atoms. The van der Waals surface area contributed by atoms with E-state index in [1.54, 1.807) is 0 Å². The number of fused-ring (bicyclic) bond motifs is 1. The van der Waals surface area contributed by atoms with Gasteiger partial charge in [0.05, 0.1) is 12.1 Å². The van der Waals surface area contributed by atoms with Crippen LogP contribution in [0.2, 0.25) is 0 Å². The van der Waals surface area contributed by atoms with Gasteiger partial charge in [-0.15, -0.1) is 0 Å². The Balaban J connectivity index is 1.60. The standard InChI is InChI=1S/C17H20N2O2/c1-3-15-14(8-9-19(15)2)17(20)18-11-13-10-12-6-4-5-7-16(12)21-13/h4-9,13H,3,10-11H2,1-2H3,(H,18,20). The largest absolute Gasteiger partial charge is 0.488 e. The van der Waals surface area contributed by atoms with Crippen molar-refractivity contribution in [1.82, 2.24) is 9.88 Å². The second kappa shape index (κ2) is 5.64. The van der Waals surface area contributed by atoms with E-state index in [2.05, 4.69) is 18.3 Å². The first-order chi connectivity index (χ1) is 10.2. The highest BCUT2D eigenvalue weighted by atomic mass is 16.5. The zero-order valence-corrected chi connectivity index (χ0v) is 12.4. The fourth-order valence-electron chi connectivity index (χ4n) is 2.88. The van der Waals surface area contributed by atoms with Crippen LogP contribution < -0.4 is 10.1 Å². The molecule has 1 aliphatic heterocycles. The average Bonchev–Trinajstić information content (AvgIpc) is 3.07. The molecule has 1 aromatic heterocycles. The van der Waals surface area contributed by atoms with E-state index in [0.29, 0.717) is 6.54 Å². The first-order valence-electron chi connectivity index (χ1n) is 7.36. The number of nitrogens with zero attached hydrogens (tertiary/aromatic N) is 1. The quantitative estimate of drug-likeness (QED) is 0.936. The number of nitrogens with one attached hydrogen (secondary N) is 1. The molecule has 0 saturated carbocycles. The Labute approximate surface area is 124 Å². The van der Waals surface area contributed by atoms with Crippen molar-refractivity contribution in [3.63, 3.8) is 0 Å². The maximum atomic E-state index is 12.3. The van der Waals surface area contributed by atoms with Crippen molar-refractivity contribution in [2.24, 2.45) is 7.05 Å². The summed E-state index contributed by atoms with van der Waals surface area (Å²) in [6.07, 6.45) is 3.65. The summed E-state index contributed by atoms with van der Waals surface area (Å²) in [6, 6.07) is 9.91. The summed E-state index contributed by atoms with van der Waals surface area (Å²) < 4.78 is 7.83. The van der Waals surface area contributed by atoms with Crippen molar-refractivity contribution >= 4 is 5.91 Å². The molecule has 4 heteroatoms. The number of rotatable bonds is 4. The van der Waals surface area contributed by atoms with Crippen molar-refractivity contribution in [3.8, 4) is 5.75 Å². The van der Waals surface area contributed by atoms with E-state index in [-0.39, 0.29) is 12.0 Å². The van der Waals surface area contributed by atoms with Gasteiger partial charge in [0.25, 0.3) is 5.91 Å². The molecule has 1 amide bonds. The first-order valence-corrected chi connectivity index (χ1v) is 7.36. The van der Waals surface area contributed by atoms with Gasteiger partial charge in [0.15, 0.2) is 0 Å². The van der Waals surface area contributed by atoms with Crippen molar-refractivity contribution in [2.45, 2.75) is 25.9 Å². The molecule has 1 unspecified atom stereocenters. The summed E-state index contributed by atoms with van der Waals surface area (Å²) in [5, 5.41) is 2.99. The molecule has 1 aliphatic rings. The number of benzene rings is 1. The number of hydrogen-bond acceptors (Lipinski definition) is 2. The fourth-order valence-corrected chi connectivity index (χ4v) is 2.88. The first kappa shape index (κ1) is 13.7. The third-order valence-corrected chi connectivity index (χ3v) is 3.99. The topological polar surface area (TPSA) is 43.3 Å². The summed E-state index contributed by atoms with van der Waals surface area (Å²) in [6.45, 7) is 2.59. The molecule has 21 heavy (non-hydrogen) atoms. The molecule has 0 fully saturated rings. The second-order valence-corrected chi connectivity index (χ2v) is 5.40. The van der Waals surface area contributed by atoms with Gasteiger partial charge in [0.2, 0.25) is 0 Å². The third kappa shape index (κ3) is 2.66. The minimum Gasteiger partial charge on any atom is -0.488 e. The number of aromatic nitrogens is 1. The fraction of sp³-hybridized carbons (Fsp3) is 0.353. The van der Waals surface area contributed by atoms with E-state index in [9.17, 15) is 4.79 Å². The highest BCUT2D eigenvalue weighted by Gasteiger charge is 2.23. The predicted molar refractivity (Wildman–Crippen MR) is 81.7 cm³/mol. The molecule has 4 nitrogen and oxygen atoms in total. The third-order valence-electron chi connectivity index (χ3n) is 3.99. The van der Waals surface area contributed by atoms with Gasteiger partial charge in [-0.2, -0.15) is 0 Å². The Morgan fingerprint density at radius 2 is 2.19 bits per heavy atom. The SMILES string of the molecule is CCc1c(C(=O)NCC2Cc3ccccc3O2)ccn1C. The van der Waals surface area contributed by atoms with Crippen LogP contribution in [0.5, 0.6) is 5.75 Å². The van der Waals surface area contributed by atoms with Gasteiger partial charge in [0.1, 0.15) is 11.9 Å². The van der Waals surface area contributed by atoms with Gasteiger partial charge >= 0.3 is 0 Å². The van der Waals surface area contributed by atoms with E-state index in [1.807, 2.05) is 42.1 Å². The molecule has 0 radical (unpaired) electrons. The van der Waals surface area contributed by atoms with Crippen molar-refractivity contribution in [2.75, 3.05) is 6.54 Å². The van der Waals surface area contributed by atoms with Gasteiger partial charge < -0.3 is 14.6 Å². The Hall–Kier alpha value is -2.23. The molecule has 0 aliphatic carbocycles. The number of para-hydroxylation sites is 1. The summed E-state index contributed by atoms with van der Waals surface area (Å²) in [5.74, 6) is 0.915. The van der Waals surface area contributed by atoms with Crippen LogP contribution in [0.15, 0.2) is 36.5 Å². The number of aryl methyl sites for hydroxylation is 1. The van der Waals surface area contributed by atoms with Gasteiger partial charge in [-0.1, -0.05) is 25.1 Å². The number of carbonyl (C=O) groups is 1. The van der Waals surface area contributed by atoms with E-state index < -0.39 is 0 Å². The number of amides is 1. The van der Waals surface area contributed by atoms with Gasteiger partial charge in [0, 0.05) is 25.4 Å². The van der Waals surface area contributed by atoms with Gasteiger partial charge in [-0.3, -0.25) is 4.79 Å². The van der Waals surface area contributed by atoms with Gasteiger partial charge in [-0.25, -0.2) is 0 Å². The second-order valence-electron chi connectivity index (χ2n) is 5.40. The highest BCUT2D eigenvalue weighted by molar-refractivity contribution is 5.95. The molecule has 1 atom stereocenters. The number of carbonyl (C=O) groups excluding carboxylic acids is 1. The Morgan fingerprint density at radius 3 is 2.95 bits per heavy atom. The summed E-state index contributed by atoms with van der Waals surface area (Å²) in [4.78, 5) is 12.3. The molecule has 110 valence electrons. The van der Waals surface area contributed by atoms with Crippen molar-refractivity contribution in [1.29, 1.82) is 0 Å². The molecule has 3 rings (SSSR count). The molecule has 0 spiro atoms. The number of ether oxygens (including phenoxy) is 1. The summed E-state index contributed by atoms with van der Waals surface area (Å²) >= 11 is 0. The smallest absolute Gasteiger partial charge is 0.253 e. The zero-order chi connectivity index (χ0) is 14.8. The van der Waals surface area contributed by atoms with Crippen LogP contribution in [0.3, 0.4) is 0 Å². The lowest BCUT2D eigenvalue weighted by molar-refractivity contribution is 0.0932. The molecular formula is C17H20N2O2. The Morgan fingerprint density at radius 1 is 1.38 bits per heavy atom. The molecule has 1 N–H and O–H groups in total. The van der Waals surface area contributed by atoms with Crippen LogP contribution in [0, 0.1) is 0 Å². The van der Waals surface area contributed by atoms with E-state index >= 15 is 0 Å². The van der Waals surface area contributed by atoms with Crippen LogP contribution in [-0.2, 0) is 19.9 Å². The van der Waals surface area contributed by atoms with Crippen molar-refractivity contribution in [3.05, 3.63) is 53.3 Å². The maximum absolute atomic E-state index is 12.3. The normalized spacial score (nSPS) is 16.4. The van der Waals surface area contributed by atoms with Crippen LogP contribution in [0.4, 0.5) is 0 Å². The predicted octanol–water partition coefficient (Wildman–Crippen LogP) is 2.32. The van der Waals surface area contributed by atoms with Crippen LogP contribution >= 0.6 is 0 Å². The zero-order valence-electron chi connectivity index (χ0n) is 12.4. The molecule has 1 aromatic carbocycles. The molecule has 2 heterocycles. The maximum Gasteiger partial charge on any atom is 0.253 e. The lowest BCUT2D eigenvalue weighted by Gasteiger charge is -2.12. The van der Waals surface area contributed by atoms with Gasteiger partial charge in [-0.05, 0) is 24.1 Å². The van der Waals surface area contributed by atoms with E-state index in [4.69, 9.17) is 4.74 Å². The Kier molecular flexibility index (Phi) is 3.69.